The van der Waals surface area contributed by atoms with E-state index in [1.807, 2.05) is 48.7 Å². The fraction of sp³-hybridized carbons (Fsp3) is 0.160. The smallest absolute Gasteiger partial charge is 0.280 e. The zero-order valence-corrected chi connectivity index (χ0v) is 19.8. The summed E-state index contributed by atoms with van der Waals surface area (Å²) in [5.74, 6) is -1.86. The van der Waals surface area contributed by atoms with Crippen molar-refractivity contribution >= 4 is 49.7 Å². The molecule has 3 heterocycles. The number of hydrogen-bond acceptors (Lipinski definition) is 5. The van der Waals surface area contributed by atoms with Gasteiger partial charge in [0.2, 0.25) is 0 Å². The maximum absolute atomic E-state index is 14.7. The van der Waals surface area contributed by atoms with E-state index in [2.05, 4.69) is 4.99 Å². The number of halogens is 2. The number of rotatable bonds is 6. The van der Waals surface area contributed by atoms with Gasteiger partial charge in [0.25, 0.3) is 5.91 Å². The first-order valence-electron chi connectivity index (χ1n) is 10.6. The molecule has 5 rings (SSSR count). The highest BCUT2D eigenvalue weighted by Gasteiger charge is 2.17. The van der Waals surface area contributed by atoms with Crippen molar-refractivity contribution in [3.05, 3.63) is 82.0 Å². The van der Waals surface area contributed by atoms with Crippen LogP contribution in [0.4, 0.5) is 8.78 Å². The van der Waals surface area contributed by atoms with Gasteiger partial charge in [-0.25, -0.2) is 13.8 Å². The monoisotopic (exact) mass is 495 g/mol. The number of para-hydroxylation sites is 1. The minimum Gasteiger partial charge on any atom is -0.380 e. The van der Waals surface area contributed by atoms with E-state index < -0.39 is 17.5 Å². The first-order valence-corrected chi connectivity index (χ1v) is 12.3. The molecule has 0 atom stereocenters. The van der Waals surface area contributed by atoms with Gasteiger partial charge < -0.3 is 9.30 Å². The van der Waals surface area contributed by atoms with E-state index in [1.54, 1.807) is 10.6 Å². The molecular formula is C25H19F2N3O2S2. The summed E-state index contributed by atoms with van der Waals surface area (Å²) in [6.45, 7) is 2.95. The Morgan fingerprint density at radius 3 is 2.79 bits per heavy atom. The number of aromatic nitrogens is 2. The molecule has 0 aliphatic heterocycles. The lowest BCUT2D eigenvalue weighted by Gasteiger charge is -2.07. The highest BCUT2D eigenvalue weighted by molar-refractivity contribution is 7.16. The Kier molecular flexibility index (Phi) is 6.32. The van der Waals surface area contributed by atoms with Crippen LogP contribution in [0.2, 0.25) is 0 Å². The number of carbonyl (C=O) groups is 1. The topological polar surface area (TPSA) is 56.5 Å². The normalized spacial score (nSPS) is 12.1. The lowest BCUT2D eigenvalue weighted by molar-refractivity contribution is 0.0998. The Hall–Kier alpha value is -3.27. The molecular weight excluding hydrogens is 476 g/mol. The van der Waals surface area contributed by atoms with E-state index in [4.69, 9.17) is 9.72 Å². The van der Waals surface area contributed by atoms with Gasteiger partial charge in [-0.3, -0.25) is 4.79 Å². The van der Waals surface area contributed by atoms with Crippen molar-refractivity contribution in [3.63, 3.8) is 0 Å². The molecule has 2 aromatic carbocycles. The lowest BCUT2D eigenvalue weighted by Crippen LogP contribution is -2.20. The standard InChI is InChI=1S/C25H19F2N3O2S2/c1-2-32-10-9-30-23-18(27)12-15(26)13-22(23)34-25(30)29-24(31)17-14-20(21-8-5-11-33-21)28-19-7-4-3-6-16(17)19/h3-8,11-14H,2,9-10H2,1H3. The third kappa shape index (κ3) is 4.29. The zero-order valence-electron chi connectivity index (χ0n) is 18.1. The number of ether oxygens (including phenoxy) is 1. The molecule has 172 valence electrons. The second kappa shape index (κ2) is 9.54. The van der Waals surface area contributed by atoms with Crippen molar-refractivity contribution in [1.29, 1.82) is 0 Å². The zero-order chi connectivity index (χ0) is 23.7. The van der Waals surface area contributed by atoms with Gasteiger partial charge in [-0.1, -0.05) is 35.6 Å². The lowest BCUT2D eigenvalue weighted by atomic mass is 10.1. The number of pyridine rings is 1. The molecule has 9 heteroatoms. The highest BCUT2D eigenvalue weighted by atomic mass is 32.1. The predicted molar refractivity (Wildman–Crippen MR) is 131 cm³/mol. The minimum atomic E-state index is -0.703. The van der Waals surface area contributed by atoms with Crippen LogP contribution in [0.1, 0.15) is 17.3 Å². The minimum absolute atomic E-state index is 0.205. The van der Waals surface area contributed by atoms with Crippen LogP contribution in [-0.2, 0) is 11.3 Å². The fourth-order valence-corrected chi connectivity index (χ4v) is 5.55. The van der Waals surface area contributed by atoms with Crippen LogP contribution in [0.25, 0.3) is 31.7 Å². The molecule has 0 aliphatic carbocycles. The Bertz CT molecular complexity index is 1570. The Labute approximate surface area is 201 Å². The number of amides is 1. The van der Waals surface area contributed by atoms with Crippen molar-refractivity contribution in [2.75, 3.05) is 13.2 Å². The molecule has 0 spiro atoms. The van der Waals surface area contributed by atoms with Gasteiger partial charge in [-0.15, -0.1) is 11.3 Å². The van der Waals surface area contributed by atoms with Crippen LogP contribution in [0.3, 0.4) is 0 Å². The number of fused-ring (bicyclic) bond motifs is 2. The predicted octanol–water partition coefficient (Wildman–Crippen LogP) is 6.04. The van der Waals surface area contributed by atoms with Crippen LogP contribution < -0.4 is 4.80 Å². The van der Waals surface area contributed by atoms with Gasteiger partial charge in [0.1, 0.15) is 5.82 Å². The highest BCUT2D eigenvalue weighted by Crippen LogP contribution is 2.28. The van der Waals surface area contributed by atoms with E-state index >= 15 is 0 Å². The maximum atomic E-state index is 14.7. The molecule has 3 aromatic heterocycles. The average Bonchev–Trinajstić information content (AvgIpc) is 3.47. The molecule has 0 bridgehead atoms. The first kappa shape index (κ1) is 22.5. The summed E-state index contributed by atoms with van der Waals surface area (Å²) in [6.07, 6.45) is 0. The van der Waals surface area contributed by atoms with Crippen molar-refractivity contribution in [2.45, 2.75) is 13.5 Å². The van der Waals surface area contributed by atoms with Crippen LogP contribution >= 0.6 is 22.7 Å². The van der Waals surface area contributed by atoms with E-state index in [-0.39, 0.29) is 16.9 Å². The third-order valence-corrected chi connectivity index (χ3v) is 7.19. The van der Waals surface area contributed by atoms with Crippen LogP contribution in [0, 0.1) is 11.6 Å². The van der Waals surface area contributed by atoms with Crippen molar-refractivity contribution < 1.29 is 18.3 Å². The van der Waals surface area contributed by atoms with Crippen molar-refractivity contribution in [3.8, 4) is 10.6 Å². The summed E-state index contributed by atoms with van der Waals surface area (Å²) < 4.78 is 35.9. The largest absolute Gasteiger partial charge is 0.380 e. The molecule has 5 aromatic rings. The quantitative estimate of drug-likeness (QED) is 0.270. The molecule has 0 aliphatic rings. The molecule has 0 saturated heterocycles. The van der Waals surface area contributed by atoms with E-state index in [0.29, 0.717) is 40.1 Å². The summed E-state index contributed by atoms with van der Waals surface area (Å²) >= 11 is 2.60. The molecule has 0 saturated carbocycles. The van der Waals surface area contributed by atoms with Crippen molar-refractivity contribution in [1.82, 2.24) is 9.55 Å². The van der Waals surface area contributed by atoms with Gasteiger partial charge in [-0.05, 0) is 36.6 Å². The van der Waals surface area contributed by atoms with Crippen molar-refractivity contribution in [2.24, 2.45) is 4.99 Å². The summed E-state index contributed by atoms with van der Waals surface area (Å²) in [4.78, 5) is 23.7. The van der Waals surface area contributed by atoms with E-state index in [0.717, 1.165) is 22.3 Å². The Balaban J connectivity index is 1.68. The molecule has 34 heavy (non-hydrogen) atoms. The molecule has 0 fully saturated rings. The second-order valence-electron chi connectivity index (χ2n) is 7.43. The molecule has 0 unspecified atom stereocenters. The summed E-state index contributed by atoms with van der Waals surface area (Å²) in [5, 5.41) is 2.63. The Morgan fingerprint density at radius 1 is 1.15 bits per heavy atom. The van der Waals surface area contributed by atoms with Crippen LogP contribution in [-0.4, -0.2) is 28.7 Å². The van der Waals surface area contributed by atoms with Gasteiger partial charge in [-0.2, -0.15) is 4.99 Å². The summed E-state index contributed by atoms with van der Waals surface area (Å²) in [5.41, 5.74) is 1.97. The number of hydrogen-bond donors (Lipinski definition) is 0. The number of thiazole rings is 1. The fourth-order valence-electron chi connectivity index (χ4n) is 3.77. The van der Waals surface area contributed by atoms with Crippen LogP contribution in [0.15, 0.2) is 65.0 Å². The van der Waals surface area contributed by atoms with Gasteiger partial charge in [0, 0.05) is 24.6 Å². The Morgan fingerprint density at radius 2 is 2.00 bits per heavy atom. The number of thiophene rings is 1. The first-order chi connectivity index (χ1) is 16.5. The van der Waals surface area contributed by atoms with E-state index in [1.165, 1.54) is 17.4 Å². The summed E-state index contributed by atoms with van der Waals surface area (Å²) in [7, 11) is 0. The van der Waals surface area contributed by atoms with Gasteiger partial charge >= 0.3 is 0 Å². The second-order valence-corrected chi connectivity index (χ2v) is 9.39. The maximum Gasteiger partial charge on any atom is 0.280 e. The molecule has 0 radical (unpaired) electrons. The number of nitrogens with zero attached hydrogens (tertiary/aromatic N) is 3. The molecule has 1 amide bonds. The van der Waals surface area contributed by atoms with Crippen LogP contribution in [0.5, 0.6) is 0 Å². The number of carbonyl (C=O) groups excluding carboxylic acids is 1. The summed E-state index contributed by atoms with van der Waals surface area (Å²) in [6, 6.07) is 15.1. The third-order valence-electron chi connectivity index (χ3n) is 5.28. The SMILES string of the molecule is CCOCCn1c(=NC(=O)c2cc(-c3cccs3)nc3ccccc23)sc2cc(F)cc(F)c21. The molecule has 0 N–H and O–H groups in total. The number of benzene rings is 2. The average molecular weight is 496 g/mol. The van der Waals surface area contributed by atoms with Gasteiger partial charge in [0.15, 0.2) is 10.6 Å². The molecule has 5 nitrogen and oxygen atoms in total. The van der Waals surface area contributed by atoms with Gasteiger partial charge in [0.05, 0.1) is 38.5 Å². The van der Waals surface area contributed by atoms with E-state index in [9.17, 15) is 13.6 Å².